The predicted octanol–water partition coefficient (Wildman–Crippen LogP) is 0.261. The molecule has 0 aromatic heterocycles. The summed E-state index contributed by atoms with van der Waals surface area (Å²) in [5.74, 6) is -0.422. The minimum absolute atomic E-state index is 0.177. The standard InChI is InChI=1S/C12H18O6/c1-7(2)12(13)18-9-5-16-10-8(17-6-14-3)4-15-11(9)10/h8-11H,1,4-6H2,2-3H3/t8-,9+,10-,11-/m1/s1. The van der Waals surface area contributed by atoms with Gasteiger partial charge in [0.2, 0.25) is 0 Å². The lowest BCUT2D eigenvalue weighted by Gasteiger charge is -2.17. The van der Waals surface area contributed by atoms with E-state index in [4.69, 9.17) is 23.7 Å². The van der Waals surface area contributed by atoms with E-state index in [-0.39, 0.29) is 25.1 Å². The van der Waals surface area contributed by atoms with Gasteiger partial charge in [0, 0.05) is 12.7 Å². The normalized spacial score (nSPS) is 34.3. The molecule has 0 aromatic carbocycles. The maximum absolute atomic E-state index is 11.5. The molecule has 2 fully saturated rings. The van der Waals surface area contributed by atoms with Gasteiger partial charge in [-0.2, -0.15) is 0 Å². The number of hydrogen-bond donors (Lipinski definition) is 0. The second kappa shape index (κ2) is 5.79. The lowest BCUT2D eigenvalue weighted by atomic mass is 10.1. The Kier molecular flexibility index (Phi) is 4.34. The second-order valence-electron chi connectivity index (χ2n) is 4.43. The highest BCUT2D eigenvalue weighted by atomic mass is 16.7. The van der Waals surface area contributed by atoms with Crippen LogP contribution in [0.2, 0.25) is 0 Å². The third kappa shape index (κ3) is 2.72. The highest BCUT2D eigenvalue weighted by Crippen LogP contribution is 2.30. The summed E-state index contributed by atoms with van der Waals surface area (Å²) in [4.78, 5) is 11.5. The van der Waals surface area contributed by atoms with Gasteiger partial charge in [-0.05, 0) is 6.92 Å². The van der Waals surface area contributed by atoms with Crippen molar-refractivity contribution in [2.75, 3.05) is 27.1 Å². The number of hydrogen-bond acceptors (Lipinski definition) is 6. The lowest BCUT2D eigenvalue weighted by molar-refractivity contribution is -0.149. The summed E-state index contributed by atoms with van der Waals surface area (Å²) in [5, 5.41) is 0. The van der Waals surface area contributed by atoms with E-state index < -0.39 is 12.1 Å². The molecule has 0 bridgehead atoms. The molecule has 2 saturated heterocycles. The van der Waals surface area contributed by atoms with Gasteiger partial charge in [-0.3, -0.25) is 0 Å². The molecular weight excluding hydrogens is 240 g/mol. The van der Waals surface area contributed by atoms with E-state index in [9.17, 15) is 4.79 Å². The first-order chi connectivity index (χ1) is 8.63. The minimum Gasteiger partial charge on any atom is -0.454 e. The highest BCUT2D eigenvalue weighted by Gasteiger charge is 2.50. The van der Waals surface area contributed by atoms with Crippen LogP contribution in [0.4, 0.5) is 0 Å². The molecule has 6 heteroatoms. The van der Waals surface area contributed by atoms with Crippen molar-refractivity contribution >= 4 is 5.97 Å². The zero-order valence-corrected chi connectivity index (χ0v) is 10.6. The Bertz CT molecular complexity index is 329. The monoisotopic (exact) mass is 258 g/mol. The van der Waals surface area contributed by atoms with Crippen molar-refractivity contribution in [3.05, 3.63) is 12.2 Å². The van der Waals surface area contributed by atoms with E-state index in [0.717, 1.165) is 0 Å². The van der Waals surface area contributed by atoms with Crippen molar-refractivity contribution in [2.45, 2.75) is 31.3 Å². The average molecular weight is 258 g/mol. The molecule has 0 aromatic rings. The number of esters is 1. The quantitative estimate of drug-likeness (QED) is 0.400. The van der Waals surface area contributed by atoms with E-state index in [1.807, 2.05) is 0 Å². The molecule has 102 valence electrons. The maximum Gasteiger partial charge on any atom is 0.333 e. The molecule has 0 spiro atoms. The summed E-state index contributed by atoms with van der Waals surface area (Å²) in [6, 6.07) is 0. The largest absolute Gasteiger partial charge is 0.454 e. The Balaban J connectivity index is 1.88. The predicted molar refractivity (Wildman–Crippen MR) is 60.9 cm³/mol. The van der Waals surface area contributed by atoms with Crippen LogP contribution in [0.1, 0.15) is 6.92 Å². The van der Waals surface area contributed by atoms with E-state index in [1.54, 1.807) is 14.0 Å². The number of carbonyl (C=O) groups excluding carboxylic acids is 1. The van der Waals surface area contributed by atoms with Gasteiger partial charge in [-0.15, -0.1) is 0 Å². The van der Waals surface area contributed by atoms with Crippen molar-refractivity contribution in [1.29, 1.82) is 0 Å². The SMILES string of the molecule is C=C(C)C(=O)O[C@H]1CO[C@H]2[C@@H]1OC[C@H]2OCOC. The number of fused-ring (bicyclic) bond motifs is 1. The third-order valence-electron chi connectivity index (χ3n) is 2.97. The van der Waals surface area contributed by atoms with E-state index >= 15 is 0 Å². The molecule has 0 radical (unpaired) electrons. The molecule has 2 rings (SSSR count). The van der Waals surface area contributed by atoms with Gasteiger partial charge in [-0.25, -0.2) is 4.79 Å². The zero-order chi connectivity index (χ0) is 13.1. The van der Waals surface area contributed by atoms with E-state index in [0.29, 0.717) is 18.8 Å². The van der Waals surface area contributed by atoms with Crippen LogP contribution in [0.25, 0.3) is 0 Å². The summed E-state index contributed by atoms with van der Waals surface area (Å²) >= 11 is 0. The molecule has 0 unspecified atom stereocenters. The molecule has 0 aliphatic carbocycles. The first kappa shape index (κ1) is 13.5. The summed E-state index contributed by atoms with van der Waals surface area (Å²) in [6.45, 7) is 6.08. The van der Waals surface area contributed by atoms with Gasteiger partial charge in [0.25, 0.3) is 0 Å². The van der Waals surface area contributed by atoms with Crippen LogP contribution in [-0.2, 0) is 28.5 Å². The van der Waals surface area contributed by atoms with Crippen molar-refractivity contribution in [3.8, 4) is 0 Å². The fourth-order valence-corrected chi connectivity index (χ4v) is 2.07. The van der Waals surface area contributed by atoms with Gasteiger partial charge in [-0.1, -0.05) is 6.58 Å². The minimum atomic E-state index is -0.422. The van der Waals surface area contributed by atoms with Crippen molar-refractivity contribution in [3.63, 3.8) is 0 Å². The summed E-state index contributed by atoms with van der Waals surface area (Å²) in [5.41, 5.74) is 0.364. The van der Waals surface area contributed by atoms with Crippen molar-refractivity contribution in [1.82, 2.24) is 0 Å². The molecule has 0 saturated carbocycles. The first-order valence-corrected chi connectivity index (χ1v) is 5.83. The molecule has 0 amide bonds. The van der Waals surface area contributed by atoms with E-state index in [2.05, 4.69) is 6.58 Å². The first-order valence-electron chi connectivity index (χ1n) is 5.83. The fraction of sp³-hybridized carbons (Fsp3) is 0.750. The molecule has 0 N–H and O–H groups in total. The second-order valence-corrected chi connectivity index (χ2v) is 4.43. The fourth-order valence-electron chi connectivity index (χ4n) is 2.07. The van der Waals surface area contributed by atoms with Gasteiger partial charge < -0.3 is 23.7 Å². The summed E-state index contributed by atoms with van der Waals surface area (Å²) in [7, 11) is 1.56. The molecule has 2 heterocycles. The van der Waals surface area contributed by atoms with Gasteiger partial charge in [0.15, 0.2) is 6.10 Å². The molecular formula is C12H18O6. The summed E-state index contributed by atoms with van der Waals surface area (Å²) in [6.07, 6.45) is -1.04. The maximum atomic E-state index is 11.5. The molecule has 18 heavy (non-hydrogen) atoms. The summed E-state index contributed by atoms with van der Waals surface area (Å²) < 4.78 is 26.7. The number of ether oxygens (including phenoxy) is 5. The average Bonchev–Trinajstić information content (AvgIpc) is 2.90. The lowest BCUT2D eigenvalue weighted by Crippen LogP contribution is -2.35. The van der Waals surface area contributed by atoms with Crippen LogP contribution in [0.3, 0.4) is 0 Å². The van der Waals surface area contributed by atoms with Gasteiger partial charge in [0.05, 0.1) is 13.2 Å². The number of rotatable bonds is 5. The third-order valence-corrected chi connectivity index (χ3v) is 2.97. The highest BCUT2D eigenvalue weighted by molar-refractivity contribution is 5.87. The number of carbonyl (C=O) groups is 1. The van der Waals surface area contributed by atoms with Gasteiger partial charge in [0.1, 0.15) is 25.1 Å². The Hall–Kier alpha value is -0.950. The zero-order valence-electron chi connectivity index (χ0n) is 10.6. The van der Waals surface area contributed by atoms with Crippen LogP contribution in [0.5, 0.6) is 0 Å². The van der Waals surface area contributed by atoms with Crippen LogP contribution < -0.4 is 0 Å². The van der Waals surface area contributed by atoms with Crippen LogP contribution in [0, 0.1) is 0 Å². The van der Waals surface area contributed by atoms with Crippen LogP contribution in [-0.4, -0.2) is 57.5 Å². The Labute approximate surface area is 106 Å². The van der Waals surface area contributed by atoms with E-state index in [1.165, 1.54) is 0 Å². The smallest absolute Gasteiger partial charge is 0.333 e. The van der Waals surface area contributed by atoms with Crippen LogP contribution >= 0.6 is 0 Å². The molecule has 2 aliphatic heterocycles. The Morgan fingerprint density at radius 2 is 1.89 bits per heavy atom. The van der Waals surface area contributed by atoms with Crippen molar-refractivity contribution in [2.24, 2.45) is 0 Å². The van der Waals surface area contributed by atoms with Gasteiger partial charge >= 0.3 is 5.97 Å². The molecule has 6 nitrogen and oxygen atoms in total. The molecule has 4 atom stereocenters. The number of methoxy groups -OCH3 is 1. The molecule has 2 aliphatic rings. The van der Waals surface area contributed by atoms with Crippen molar-refractivity contribution < 1.29 is 28.5 Å². The Morgan fingerprint density at radius 1 is 1.28 bits per heavy atom. The Morgan fingerprint density at radius 3 is 2.50 bits per heavy atom. The topological polar surface area (TPSA) is 63.2 Å². The van der Waals surface area contributed by atoms with Crippen LogP contribution in [0.15, 0.2) is 12.2 Å².